The fraction of sp³-hybridized carbons (Fsp3) is 0.455. The van der Waals surface area contributed by atoms with E-state index in [1.807, 2.05) is 25.1 Å². The quantitative estimate of drug-likeness (QED) is 0.784. The molecular formula is C11H18O2S. The number of benzene rings is 1. The highest BCUT2D eigenvalue weighted by atomic mass is 32.3. The van der Waals surface area contributed by atoms with Crippen molar-refractivity contribution in [1.29, 1.82) is 0 Å². The molecule has 1 aromatic carbocycles. The summed E-state index contributed by atoms with van der Waals surface area (Å²) in [4.78, 5) is 0.655. The van der Waals surface area contributed by atoms with E-state index in [4.69, 9.17) is 0 Å². The van der Waals surface area contributed by atoms with Crippen LogP contribution in [0.3, 0.4) is 0 Å². The third-order valence-electron chi connectivity index (χ3n) is 2.28. The molecule has 0 spiro atoms. The Labute approximate surface area is 87.3 Å². The first-order chi connectivity index (χ1) is 6.32. The smallest absolute Gasteiger partial charge is 0.0610 e. The van der Waals surface area contributed by atoms with Gasteiger partial charge in [-0.25, -0.2) is 0 Å². The fourth-order valence-corrected chi connectivity index (χ4v) is 2.46. The first-order valence-corrected chi connectivity index (χ1v) is 6.61. The van der Waals surface area contributed by atoms with E-state index in [0.717, 1.165) is 5.56 Å². The van der Waals surface area contributed by atoms with E-state index in [9.17, 15) is 9.11 Å². The molecule has 0 aliphatic rings. The summed E-state index contributed by atoms with van der Waals surface area (Å²) in [6.07, 6.45) is 1.46. The van der Waals surface area contributed by atoms with Crippen molar-refractivity contribution in [2.75, 3.05) is 6.26 Å². The minimum atomic E-state index is -2.58. The Morgan fingerprint density at radius 3 is 2.14 bits per heavy atom. The highest BCUT2D eigenvalue weighted by Gasteiger charge is 2.12. The highest BCUT2D eigenvalue weighted by Crippen LogP contribution is 2.46. The molecule has 1 rings (SSSR count). The molecule has 0 atom stereocenters. The molecule has 1 aromatic rings. The first kappa shape index (κ1) is 11.6. The molecule has 0 aliphatic carbocycles. The van der Waals surface area contributed by atoms with Gasteiger partial charge in [-0.3, -0.25) is 9.11 Å². The van der Waals surface area contributed by atoms with Crippen LogP contribution in [-0.4, -0.2) is 15.4 Å². The van der Waals surface area contributed by atoms with E-state index in [1.54, 1.807) is 0 Å². The van der Waals surface area contributed by atoms with Crippen LogP contribution in [0, 0.1) is 6.92 Å². The monoisotopic (exact) mass is 214 g/mol. The van der Waals surface area contributed by atoms with Crippen LogP contribution in [0.5, 0.6) is 0 Å². The van der Waals surface area contributed by atoms with Crippen molar-refractivity contribution in [3.8, 4) is 0 Å². The van der Waals surface area contributed by atoms with Gasteiger partial charge >= 0.3 is 0 Å². The molecule has 0 fully saturated rings. The lowest BCUT2D eigenvalue weighted by Crippen LogP contribution is -1.99. The Morgan fingerprint density at radius 2 is 1.79 bits per heavy atom. The molecule has 0 bridgehead atoms. The van der Waals surface area contributed by atoms with Gasteiger partial charge in [0.2, 0.25) is 0 Å². The van der Waals surface area contributed by atoms with E-state index in [0.29, 0.717) is 10.8 Å². The van der Waals surface area contributed by atoms with Crippen LogP contribution >= 0.6 is 10.6 Å². The second-order valence-corrected chi connectivity index (χ2v) is 6.12. The van der Waals surface area contributed by atoms with Crippen LogP contribution in [0.25, 0.3) is 0 Å². The van der Waals surface area contributed by atoms with Crippen molar-refractivity contribution >= 4 is 10.6 Å². The van der Waals surface area contributed by atoms with Crippen molar-refractivity contribution in [3.05, 3.63) is 29.3 Å². The number of hydrogen-bond donors (Lipinski definition) is 2. The van der Waals surface area contributed by atoms with Gasteiger partial charge < -0.3 is 0 Å². The summed E-state index contributed by atoms with van der Waals surface area (Å²) in [5, 5.41) is 0. The van der Waals surface area contributed by atoms with E-state index >= 15 is 0 Å². The molecule has 0 saturated heterocycles. The van der Waals surface area contributed by atoms with E-state index in [1.165, 1.54) is 11.8 Å². The van der Waals surface area contributed by atoms with Gasteiger partial charge in [-0.2, -0.15) is 10.6 Å². The highest BCUT2D eigenvalue weighted by molar-refractivity contribution is 8.23. The predicted molar refractivity (Wildman–Crippen MR) is 62.3 cm³/mol. The minimum Gasteiger partial charge on any atom is -0.295 e. The minimum absolute atomic E-state index is 0.474. The molecule has 80 valence electrons. The predicted octanol–water partition coefficient (Wildman–Crippen LogP) is 3.86. The zero-order chi connectivity index (χ0) is 10.9. The summed E-state index contributed by atoms with van der Waals surface area (Å²) in [6, 6.07) is 5.81. The molecule has 0 radical (unpaired) electrons. The van der Waals surface area contributed by atoms with Crippen LogP contribution in [0.1, 0.15) is 30.9 Å². The molecule has 0 aliphatic heterocycles. The van der Waals surface area contributed by atoms with E-state index in [-0.39, 0.29) is 0 Å². The lowest BCUT2D eigenvalue weighted by atomic mass is 10.0. The molecule has 0 aromatic heterocycles. The summed E-state index contributed by atoms with van der Waals surface area (Å²) in [6.45, 7) is 6.16. The lowest BCUT2D eigenvalue weighted by Gasteiger charge is -2.29. The van der Waals surface area contributed by atoms with E-state index < -0.39 is 10.6 Å². The van der Waals surface area contributed by atoms with Gasteiger partial charge in [-0.05, 0) is 30.0 Å². The maximum absolute atomic E-state index is 9.54. The fourth-order valence-electron chi connectivity index (χ4n) is 1.47. The molecule has 0 saturated carbocycles. The first-order valence-electron chi connectivity index (χ1n) is 4.66. The molecule has 0 amide bonds. The summed E-state index contributed by atoms with van der Waals surface area (Å²) in [5.74, 6) is 0.474. The molecule has 2 N–H and O–H groups in total. The van der Waals surface area contributed by atoms with Crippen molar-refractivity contribution in [2.24, 2.45) is 0 Å². The Morgan fingerprint density at radius 1 is 1.21 bits per heavy atom. The van der Waals surface area contributed by atoms with Gasteiger partial charge in [-0.1, -0.05) is 26.0 Å². The SMILES string of the molecule is Cc1cc(C(C)C)ccc1S(C)(O)O. The summed E-state index contributed by atoms with van der Waals surface area (Å²) >= 11 is 0. The van der Waals surface area contributed by atoms with Gasteiger partial charge in [-0.15, -0.1) is 0 Å². The van der Waals surface area contributed by atoms with Gasteiger partial charge in [0.1, 0.15) is 0 Å². The zero-order valence-electron chi connectivity index (χ0n) is 9.11. The van der Waals surface area contributed by atoms with E-state index in [2.05, 4.69) is 13.8 Å². The van der Waals surface area contributed by atoms with Crippen molar-refractivity contribution in [1.82, 2.24) is 0 Å². The van der Waals surface area contributed by atoms with Gasteiger partial charge in [0, 0.05) is 6.26 Å². The largest absolute Gasteiger partial charge is 0.295 e. The van der Waals surface area contributed by atoms with Crippen molar-refractivity contribution in [3.63, 3.8) is 0 Å². The van der Waals surface area contributed by atoms with Gasteiger partial charge in [0.25, 0.3) is 0 Å². The average Bonchev–Trinajstić information content (AvgIpc) is 2.01. The molecule has 0 unspecified atom stereocenters. The van der Waals surface area contributed by atoms with Crippen molar-refractivity contribution in [2.45, 2.75) is 31.6 Å². The Hall–Kier alpha value is -0.510. The van der Waals surface area contributed by atoms with Gasteiger partial charge in [0.15, 0.2) is 0 Å². The Bertz CT molecular complexity index is 327. The normalized spacial score (nSPS) is 13.4. The number of hydrogen-bond acceptors (Lipinski definition) is 2. The lowest BCUT2D eigenvalue weighted by molar-refractivity contribution is 0.494. The summed E-state index contributed by atoms with van der Waals surface area (Å²) < 4.78 is 19.1. The standard InChI is InChI=1S/C11H18O2S/c1-8(2)10-5-6-11(9(3)7-10)14(4,12)13/h5-8,12-13H,1-4H3. The topological polar surface area (TPSA) is 40.5 Å². The summed E-state index contributed by atoms with van der Waals surface area (Å²) in [5.41, 5.74) is 2.19. The molecule has 2 nitrogen and oxygen atoms in total. The molecular weight excluding hydrogens is 196 g/mol. The average molecular weight is 214 g/mol. The summed E-state index contributed by atoms with van der Waals surface area (Å²) in [7, 11) is -2.58. The van der Waals surface area contributed by atoms with Crippen LogP contribution < -0.4 is 0 Å². The van der Waals surface area contributed by atoms with Crippen molar-refractivity contribution < 1.29 is 9.11 Å². The Balaban J connectivity index is 3.15. The van der Waals surface area contributed by atoms with Crippen LogP contribution in [0.15, 0.2) is 23.1 Å². The maximum atomic E-state index is 9.54. The number of aryl methyl sites for hydroxylation is 1. The van der Waals surface area contributed by atoms with Crippen LogP contribution in [-0.2, 0) is 0 Å². The Kier molecular flexibility index (Phi) is 3.24. The second kappa shape index (κ2) is 3.93. The van der Waals surface area contributed by atoms with Gasteiger partial charge in [0.05, 0.1) is 4.90 Å². The molecule has 14 heavy (non-hydrogen) atoms. The second-order valence-electron chi connectivity index (χ2n) is 4.01. The zero-order valence-corrected chi connectivity index (χ0v) is 9.93. The van der Waals surface area contributed by atoms with Crippen LogP contribution in [0.2, 0.25) is 0 Å². The third kappa shape index (κ3) is 2.50. The molecule has 3 heteroatoms. The maximum Gasteiger partial charge on any atom is 0.0610 e. The third-order valence-corrected chi connectivity index (χ3v) is 3.57. The van der Waals surface area contributed by atoms with Crippen LogP contribution in [0.4, 0.5) is 0 Å². The molecule has 0 heterocycles. The number of rotatable bonds is 2.